The third kappa shape index (κ3) is 8.02. The van der Waals surface area contributed by atoms with Gasteiger partial charge in [0.2, 0.25) is 15.9 Å². The summed E-state index contributed by atoms with van der Waals surface area (Å²) in [5, 5.41) is 3.27. The van der Waals surface area contributed by atoms with Crippen LogP contribution in [-0.4, -0.2) is 40.3 Å². The third-order valence-corrected chi connectivity index (χ3v) is 6.43. The summed E-state index contributed by atoms with van der Waals surface area (Å²) < 4.78 is 31.5. The van der Waals surface area contributed by atoms with Gasteiger partial charge >= 0.3 is 0 Å². The van der Waals surface area contributed by atoms with Crippen LogP contribution in [0.3, 0.4) is 0 Å². The van der Waals surface area contributed by atoms with E-state index in [2.05, 4.69) is 26.1 Å². The number of hydrogen-bond acceptors (Lipinski definition) is 4. The van der Waals surface area contributed by atoms with Gasteiger partial charge in [-0.15, -0.1) is 0 Å². The topological polar surface area (TPSA) is 75.7 Å². The summed E-state index contributed by atoms with van der Waals surface area (Å²) in [6.45, 7) is 9.23. The summed E-state index contributed by atoms with van der Waals surface area (Å²) in [6, 6.07) is 13.1. The predicted octanol–water partition coefficient (Wildman–Crippen LogP) is 4.69. The maximum Gasteiger partial charge on any atom is 0.232 e. The zero-order valence-corrected chi connectivity index (χ0v) is 21.0. The summed E-state index contributed by atoms with van der Waals surface area (Å²) in [5.74, 6) is 0.612. The quantitative estimate of drug-likeness (QED) is 0.500. The lowest BCUT2D eigenvalue weighted by Crippen LogP contribution is -2.33. The number of ether oxygens (including phenoxy) is 1. The van der Waals surface area contributed by atoms with Gasteiger partial charge in [0.1, 0.15) is 12.4 Å². The van der Waals surface area contributed by atoms with Crippen LogP contribution in [-0.2, 0) is 20.2 Å². The van der Waals surface area contributed by atoms with Gasteiger partial charge in [-0.3, -0.25) is 9.10 Å². The molecule has 0 heterocycles. The van der Waals surface area contributed by atoms with Gasteiger partial charge in [-0.25, -0.2) is 8.42 Å². The van der Waals surface area contributed by atoms with E-state index < -0.39 is 10.0 Å². The van der Waals surface area contributed by atoms with Crippen molar-refractivity contribution in [3.63, 3.8) is 0 Å². The smallest absolute Gasteiger partial charge is 0.232 e. The number of nitrogens with zero attached hydrogens (tertiary/aromatic N) is 1. The minimum atomic E-state index is -3.50. The molecule has 2 aromatic rings. The van der Waals surface area contributed by atoms with Crippen LogP contribution in [0.25, 0.3) is 0 Å². The lowest BCUT2D eigenvalue weighted by atomic mass is 9.87. The molecular formula is C24H33ClN2O4S. The molecule has 1 amide bonds. The van der Waals surface area contributed by atoms with Crippen LogP contribution in [0.5, 0.6) is 5.75 Å². The Labute approximate surface area is 197 Å². The molecule has 0 aliphatic heterocycles. The molecule has 2 rings (SSSR count). The Kier molecular flexibility index (Phi) is 8.98. The van der Waals surface area contributed by atoms with Crippen molar-refractivity contribution < 1.29 is 17.9 Å². The first kappa shape index (κ1) is 26.0. The van der Waals surface area contributed by atoms with E-state index in [0.717, 1.165) is 17.6 Å². The van der Waals surface area contributed by atoms with Gasteiger partial charge in [-0.1, -0.05) is 50.6 Å². The molecule has 0 aliphatic carbocycles. The van der Waals surface area contributed by atoms with Crippen molar-refractivity contribution in [2.75, 3.05) is 30.3 Å². The average Bonchev–Trinajstić information content (AvgIpc) is 2.69. The molecule has 0 spiro atoms. The third-order valence-electron chi connectivity index (χ3n) is 5.02. The van der Waals surface area contributed by atoms with Crippen LogP contribution in [0, 0.1) is 6.92 Å². The summed E-state index contributed by atoms with van der Waals surface area (Å²) in [5.41, 5.74) is 2.66. The fourth-order valence-corrected chi connectivity index (χ4v) is 4.38. The van der Waals surface area contributed by atoms with Crippen LogP contribution in [0.1, 0.15) is 44.7 Å². The van der Waals surface area contributed by atoms with Gasteiger partial charge in [0.15, 0.2) is 0 Å². The number of amides is 1. The zero-order valence-electron chi connectivity index (χ0n) is 19.4. The summed E-state index contributed by atoms with van der Waals surface area (Å²) >= 11 is 6.04. The number of carbonyl (C=O) groups is 1. The lowest BCUT2D eigenvalue weighted by molar-refractivity contribution is -0.121. The SMILES string of the molecule is Cc1ccc(Cl)cc1N(CCCC(=O)NCCOc1ccc(C(C)(C)C)cc1)S(C)(=O)=O. The van der Waals surface area contributed by atoms with Crippen LogP contribution < -0.4 is 14.4 Å². The fraction of sp³-hybridized carbons (Fsp3) is 0.458. The second-order valence-corrected chi connectivity index (χ2v) is 11.2. The van der Waals surface area contributed by atoms with Crippen molar-refractivity contribution >= 4 is 33.2 Å². The maximum absolute atomic E-state index is 12.3. The van der Waals surface area contributed by atoms with Crippen LogP contribution >= 0.6 is 11.6 Å². The first-order valence-corrected chi connectivity index (χ1v) is 12.8. The normalized spacial score (nSPS) is 11.8. The van der Waals surface area contributed by atoms with E-state index >= 15 is 0 Å². The highest BCUT2D eigenvalue weighted by Gasteiger charge is 2.19. The Morgan fingerprint density at radius 1 is 1.12 bits per heavy atom. The molecule has 6 nitrogen and oxygen atoms in total. The van der Waals surface area contributed by atoms with Crippen molar-refractivity contribution in [1.82, 2.24) is 5.32 Å². The summed E-state index contributed by atoms with van der Waals surface area (Å²) in [4.78, 5) is 12.1. The Bertz CT molecular complexity index is 1020. The van der Waals surface area contributed by atoms with Crippen LogP contribution in [0.4, 0.5) is 5.69 Å². The highest BCUT2D eigenvalue weighted by molar-refractivity contribution is 7.92. The minimum Gasteiger partial charge on any atom is -0.492 e. The predicted molar refractivity (Wildman–Crippen MR) is 131 cm³/mol. The maximum atomic E-state index is 12.3. The largest absolute Gasteiger partial charge is 0.492 e. The highest BCUT2D eigenvalue weighted by atomic mass is 35.5. The Hall–Kier alpha value is -2.25. The lowest BCUT2D eigenvalue weighted by Gasteiger charge is -2.24. The molecule has 0 aromatic heterocycles. The Balaban J connectivity index is 1.78. The van der Waals surface area contributed by atoms with Crippen molar-refractivity contribution in [3.8, 4) is 5.75 Å². The number of aryl methyl sites for hydroxylation is 1. The second kappa shape index (κ2) is 11.1. The summed E-state index contributed by atoms with van der Waals surface area (Å²) in [6.07, 6.45) is 1.75. The molecule has 0 unspecified atom stereocenters. The summed E-state index contributed by atoms with van der Waals surface area (Å²) in [7, 11) is -3.50. The van der Waals surface area contributed by atoms with Crippen LogP contribution in [0.2, 0.25) is 5.02 Å². The number of benzene rings is 2. The van der Waals surface area contributed by atoms with Gasteiger partial charge in [0, 0.05) is 18.0 Å². The number of halogens is 1. The number of anilines is 1. The van der Waals surface area contributed by atoms with E-state index in [4.69, 9.17) is 16.3 Å². The fourth-order valence-electron chi connectivity index (χ4n) is 3.20. The molecule has 1 N–H and O–H groups in total. The molecule has 176 valence electrons. The zero-order chi connectivity index (χ0) is 23.9. The van der Waals surface area contributed by atoms with E-state index in [1.807, 2.05) is 31.2 Å². The van der Waals surface area contributed by atoms with Gasteiger partial charge in [-0.05, 0) is 54.2 Å². The Morgan fingerprint density at radius 3 is 2.38 bits per heavy atom. The molecule has 0 saturated heterocycles. The van der Waals surface area contributed by atoms with Crippen molar-refractivity contribution in [1.29, 1.82) is 0 Å². The number of rotatable bonds is 10. The Morgan fingerprint density at radius 2 is 1.78 bits per heavy atom. The van der Waals surface area contributed by atoms with Crippen LogP contribution in [0.15, 0.2) is 42.5 Å². The van der Waals surface area contributed by atoms with E-state index in [1.165, 1.54) is 9.87 Å². The molecule has 0 atom stereocenters. The molecule has 0 radical (unpaired) electrons. The van der Waals surface area contributed by atoms with E-state index in [-0.39, 0.29) is 24.3 Å². The molecule has 0 aliphatic rings. The second-order valence-electron chi connectivity index (χ2n) is 8.84. The molecule has 32 heavy (non-hydrogen) atoms. The van der Waals surface area contributed by atoms with Gasteiger partial charge in [-0.2, -0.15) is 0 Å². The molecule has 2 aromatic carbocycles. The van der Waals surface area contributed by atoms with Gasteiger partial charge < -0.3 is 10.1 Å². The monoisotopic (exact) mass is 480 g/mol. The standard InChI is InChI=1S/C24H33ClN2O4S/c1-18-8-11-20(25)17-22(18)27(32(5,29)30)15-6-7-23(28)26-14-16-31-21-12-9-19(10-13-21)24(2,3)4/h8-13,17H,6-7,14-16H2,1-5H3,(H,26,28). The average molecular weight is 481 g/mol. The molecule has 0 bridgehead atoms. The molecule has 0 saturated carbocycles. The van der Waals surface area contributed by atoms with E-state index in [1.54, 1.807) is 18.2 Å². The van der Waals surface area contributed by atoms with Gasteiger partial charge in [0.25, 0.3) is 0 Å². The van der Waals surface area contributed by atoms with Gasteiger partial charge in [0.05, 0.1) is 18.5 Å². The molecule has 8 heteroatoms. The number of hydrogen-bond donors (Lipinski definition) is 1. The van der Waals surface area contributed by atoms with Crippen molar-refractivity contribution in [2.45, 2.75) is 46.0 Å². The van der Waals surface area contributed by atoms with Crippen molar-refractivity contribution in [2.24, 2.45) is 0 Å². The first-order chi connectivity index (χ1) is 14.9. The first-order valence-electron chi connectivity index (χ1n) is 10.6. The minimum absolute atomic E-state index is 0.0880. The number of sulfonamides is 1. The van der Waals surface area contributed by atoms with E-state index in [0.29, 0.717) is 30.3 Å². The van der Waals surface area contributed by atoms with E-state index in [9.17, 15) is 13.2 Å². The molecular weight excluding hydrogens is 448 g/mol. The number of nitrogens with one attached hydrogen (secondary N) is 1. The number of carbonyl (C=O) groups excluding carboxylic acids is 1. The molecule has 0 fully saturated rings. The highest BCUT2D eigenvalue weighted by Crippen LogP contribution is 2.27. The van der Waals surface area contributed by atoms with Crippen molar-refractivity contribution in [3.05, 3.63) is 58.6 Å².